The normalized spacial score (nSPS) is 26.8. The number of hydrogen-bond donors (Lipinski definition) is 1. The van der Waals surface area contributed by atoms with Gasteiger partial charge in [0.05, 0.1) is 6.10 Å². The number of aliphatic hydroxyl groups is 1. The molecule has 1 aliphatic rings. The molecular formula is C11H13FOS. The number of thioether (sulfide) groups is 1. The molecule has 76 valence electrons. The molecule has 1 aromatic rings. The highest BCUT2D eigenvalue weighted by Gasteiger charge is 2.20. The molecule has 1 heterocycles. The Morgan fingerprint density at radius 1 is 1.50 bits per heavy atom. The van der Waals surface area contributed by atoms with Crippen LogP contribution < -0.4 is 0 Å². The summed E-state index contributed by atoms with van der Waals surface area (Å²) in [5.74, 6) is 0.607. The molecule has 0 spiro atoms. The fourth-order valence-corrected chi connectivity index (χ4v) is 2.79. The van der Waals surface area contributed by atoms with Crippen molar-refractivity contribution in [1.29, 1.82) is 0 Å². The minimum atomic E-state index is -0.509. The monoisotopic (exact) mass is 212 g/mol. The molecule has 0 fully saturated rings. The van der Waals surface area contributed by atoms with Gasteiger partial charge in [-0.05, 0) is 29.7 Å². The zero-order valence-electron chi connectivity index (χ0n) is 8.03. The molecule has 1 nitrogen and oxygen atoms in total. The third-order valence-electron chi connectivity index (χ3n) is 2.55. The Morgan fingerprint density at radius 3 is 3.07 bits per heavy atom. The molecule has 1 unspecified atom stereocenters. The van der Waals surface area contributed by atoms with E-state index in [1.54, 1.807) is 6.07 Å². The van der Waals surface area contributed by atoms with Gasteiger partial charge >= 0.3 is 0 Å². The molecule has 2 rings (SSSR count). The van der Waals surface area contributed by atoms with E-state index in [1.807, 2.05) is 11.8 Å². The molecule has 1 aliphatic heterocycles. The van der Waals surface area contributed by atoms with E-state index in [9.17, 15) is 9.50 Å². The van der Waals surface area contributed by atoms with Crippen molar-refractivity contribution in [1.82, 2.24) is 0 Å². The van der Waals surface area contributed by atoms with Crippen LogP contribution >= 0.6 is 11.8 Å². The van der Waals surface area contributed by atoms with E-state index in [1.165, 1.54) is 12.1 Å². The lowest BCUT2D eigenvalue weighted by Gasteiger charge is -2.12. The summed E-state index contributed by atoms with van der Waals surface area (Å²) in [5, 5.41) is 10.3. The number of fused-ring (bicyclic) bond motifs is 1. The second kappa shape index (κ2) is 3.91. The highest BCUT2D eigenvalue weighted by atomic mass is 32.2. The Morgan fingerprint density at radius 2 is 2.29 bits per heavy atom. The zero-order valence-corrected chi connectivity index (χ0v) is 8.85. The molecule has 14 heavy (non-hydrogen) atoms. The number of hydrogen-bond acceptors (Lipinski definition) is 2. The summed E-state index contributed by atoms with van der Waals surface area (Å²) >= 11 is 1.81. The molecule has 0 aromatic heterocycles. The summed E-state index contributed by atoms with van der Waals surface area (Å²) in [5.41, 5.74) is 1.83. The van der Waals surface area contributed by atoms with Crippen LogP contribution in [0.1, 0.15) is 30.6 Å². The zero-order chi connectivity index (χ0) is 10.1. The predicted molar refractivity (Wildman–Crippen MR) is 56.7 cm³/mol. The maximum atomic E-state index is 13.0. The first-order valence-corrected chi connectivity index (χ1v) is 5.79. The summed E-state index contributed by atoms with van der Waals surface area (Å²) in [7, 11) is 0. The number of benzene rings is 1. The van der Waals surface area contributed by atoms with Crippen LogP contribution in [-0.4, -0.2) is 10.4 Å². The standard InChI is InChI=1S/C11H13FOS/c1-7-4-11(13)10-5-9(12)3-2-8(10)6-14-7/h2-3,5,7,11,13H,4,6H2,1H3/t7?,11-/m1/s1. The maximum absolute atomic E-state index is 13.0. The van der Waals surface area contributed by atoms with Crippen LogP contribution in [0, 0.1) is 5.82 Å². The van der Waals surface area contributed by atoms with Gasteiger partial charge < -0.3 is 5.11 Å². The van der Waals surface area contributed by atoms with Gasteiger partial charge in [-0.2, -0.15) is 11.8 Å². The molecule has 0 amide bonds. The molecule has 1 N–H and O–H groups in total. The first kappa shape index (κ1) is 9.99. The van der Waals surface area contributed by atoms with Crippen LogP contribution in [0.3, 0.4) is 0 Å². The lowest BCUT2D eigenvalue weighted by molar-refractivity contribution is 0.168. The minimum Gasteiger partial charge on any atom is -0.388 e. The van der Waals surface area contributed by atoms with E-state index < -0.39 is 6.10 Å². The molecule has 2 atom stereocenters. The maximum Gasteiger partial charge on any atom is 0.123 e. The van der Waals surface area contributed by atoms with Crippen molar-refractivity contribution in [3.8, 4) is 0 Å². The average Bonchev–Trinajstić information content (AvgIpc) is 2.27. The Bertz CT molecular complexity index is 340. The third kappa shape index (κ3) is 1.93. The Labute approximate surface area is 87.3 Å². The van der Waals surface area contributed by atoms with Crippen molar-refractivity contribution in [3.63, 3.8) is 0 Å². The van der Waals surface area contributed by atoms with Crippen molar-refractivity contribution in [2.24, 2.45) is 0 Å². The molecule has 0 radical (unpaired) electrons. The second-order valence-corrected chi connectivity index (χ2v) is 5.14. The molecular weight excluding hydrogens is 199 g/mol. The van der Waals surface area contributed by atoms with Crippen LogP contribution in [0.5, 0.6) is 0 Å². The van der Waals surface area contributed by atoms with Gasteiger partial charge in [0.1, 0.15) is 5.82 Å². The van der Waals surface area contributed by atoms with Crippen LogP contribution in [-0.2, 0) is 5.75 Å². The molecule has 3 heteroatoms. The van der Waals surface area contributed by atoms with Gasteiger partial charge in [0.15, 0.2) is 0 Å². The van der Waals surface area contributed by atoms with E-state index in [4.69, 9.17) is 0 Å². The van der Waals surface area contributed by atoms with Gasteiger partial charge in [-0.1, -0.05) is 13.0 Å². The smallest absolute Gasteiger partial charge is 0.123 e. The van der Waals surface area contributed by atoms with Gasteiger partial charge in [-0.15, -0.1) is 0 Å². The minimum absolute atomic E-state index is 0.262. The lowest BCUT2D eigenvalue weighted by Crippen LogP contribution is -2.03. The average molecular weight is 212 g/mol. The molecule has 0 aliphatic carbocycles. The largest absolute Gasteiger partial charge is 0.388 e. The van der Waals surface area contributed by atoms with E-state index in [2.05, 4.69) is 6.92 Å². The quantitative estimate of drug-likeness (QED) is 0.713. The number of halogens is 1. The van der Waals surface area contributed by atoms with Crippen LogP contribution in [0.25, 0.3) is 0 Å². The van der Waals surface area contributed by atoms with Crippen LogP contribution in [0.2, 0.25) is 0 Å². The van der Waals surface area contributed by atoms with Crippen LogP contribution in [0.15, 0.2) is 18.2 Å². The van der Waals surface area contributed by atoms with Gasteiger partial charge in [0.25, 0.3) is 0 Å². The van der Waals surface area contributed by atoms with Crippen molar-refractivity contribution < 1.29 is 9.50 Å². The topological polar surface area (TPSA) is 20.2 Å². The highest BCUT2D eigenvalue weighted by molar-refractivity contribution is 7.99. The first-order valence-electron chi connectivity index (χ1n) is 4.75. The van der Waals surface area contributed by atoms with E-state index in [0.29, 0.717) is 11.7 Å². The molecule has 0 saturated heterocycles. The number of aliphatic hydroxyl groups excluding tert-OH is 1. The molecule has 0 saturated carbocycles. The van der Waals surface area contributed by atoms with Gasteiger partial charge in [0.2, 0.25) is 0 Å². The fourth-order valence-electron chi connectivity index (χ4n) is 1.75. The van der Waals surface area contributed by atoms with Gasteiger partial charge in [0, 0.05) is 11.0 Å². The fraction of sp³-hybridized carbons (Fsp3) is 0.455. The summed E-state index contributed by atoms with van der Waals surface area (Å²) < 4.78 is 13.0. The Hall–Kier alpha value is -0.540. The summed E-state index contributed by atoms with van der Waals surface area (Å²) in [4.78, 5) is 0. The number of rotatable bonds is 0. The van der Waals surface area contributed by atoms with Gasteiger partial charge in [-0.25, -0.2) is 4.39 Å². The first-order chi connectivity index (χ1) is 6.66. The second-order valence-electron chi connectivity index (χ2n) is 3.72. The van der Waals surface area contributed by atoms with Gasteiger partial charge in [-0.3, -0.25) is 0 Å². The van der Waals surface area contributed by atoms with Crippen molar-refractivity contribution >= 4 is 11.8 Å². The molecule has 0 bridgehead atoms. The van der Waals surface area contributed by atoms with E-state index in [-0.39, 0.29) is 5.82 Å². The Kier molecular flexibility index (Phi) is 2.79. The van der Waals surface area contributed by atoms with Crippen molar-refractivity contribution in [2.45, 2.75) is 30.5 Å². The predicted octanol–water partition coefficient (Wildman–Crippen LogP) is 2.88. The lowest BCUT2D eigenvalue weighted by atomic mass is 10.0. The van der Waals surface area contributed by atoms with Crippen LogP contribution in [0.4, 0.5) is 4.39 Å². The third-order valence-corrected chi connectivity index (χ3v) is 3.78. The van der Waals surface area contributed by atoms with Crippen molar-refractivity contribution in [3.05, 3.63) is 35.1 Å². The molecule has 1 aromatic carbocycles. The summed E-state index contributed by atoms with van der Waals surface area (Å²) in [6.45, 7) is 2.09. The summed E-state index contributed by atoms with van der Waals surface area (Å²) in [6.07, 6.45) is 0.201. The SMILES string of the molecule is CC1C[C@@H](O)c2cc(F)ccc2CS1. The summed E-state index contributed by atoms with van der Waals surface area (Å²) in [6, 6.07) is 4.69. The highest BCUT2D eigenvalue weighted by Crippen LogP contribution is 2.34. The Balaban J connectivity index is 2.39. The van der Waals surface area contributed by atoms with Crippen molar-refractivity contribution in [2.75, 3.05) is 0 Å². The van der Waals surface area contributed by atoms with E-state index in [0.717, 1.165) is 16.9 Å². The van der Waals surface area contributed by atoms with E-state index >= 15 is 0 Å².